The summed E-state index contributed by atoms with van der Waals surface area (Å²) in [6.45, 7) is 7.90. The summed E-state index contributed by atoms with van der Waals surface area (Å²) in [4.78, 5) is 22.8. The van der Waals surface area contributed by atoms with E-state index >= 15 is 0 Å². The summed E-state index contributed by atoms with van der Waals surface area (Å²) in [5.74, 6) is 0.399. The number of carbonyl (C=O) groups is 1. The number of fused-ring (bicyclic) bond motifs is 1. The molecule has 162 valence electrons. The lowest BCUT2D eigenvalue weighted by atomic mass is 10.1. The molecule has 0 atom stereocenters. The van der Waals surface area contributed by atoms with Crippen LogP contribution in [-0.4, -0.2) is 46.2 Å². The molecule has 1 aromatic heterocycles. The van der Waals surface area contributed by atoms with Gasteiger partial charge in [0.25, 0.3) is 0 Å². The average Bonchev–Trinajstić information content (AvgIpc) is 2.65. The van der Waals surface area contributed by atoms with Crippen molar-refractivity contribution in [3.63, 3.8) is 0 Å². The molecule has 0 aliphatic carbocycles. The van der Waals surface area contributed by atoms with Gasteiger partial charge in [0.05, 0.1) is 11.3 Å². The van der Waals surface area contributed by atoms with E-state index in [2.05, 4.69) is 20.2 Å². The topological polar surface area (TPSA) is 67.3 Å². The Morgan fingerprint density at radius 2 is 1.90 bits per heavy atom. The van der Waals surface area contributed by atoms with Crippen molar-refractivity contribution in [2.24, 2.45) is 0 Å². The van der Waals surface area contributed by atoms with E-state index in [1.807, 2.05) is 20.8 Å². The van der Waals surface area contributed by atoms with Crippen molar-refractivity contribution in [3.8, 4) is 11.4 Å². The smallest absolute Gasteiger partial charge is 0.416 e. The van der Waals surface area contributed by atoms with Crippen LogP contribution in [0, 0.1) is 0 Å². The predicted octanol–water partition coefficient (Wildman–Crippen LogP) is 4.05. The van der Waals surface area contributed by atoms with Crippen molar-refractivity contribution in [2.75, 3.05) is 19.6 Å². The number of alkyl halides is 3. The number of nitrogens with zero attached hydrogens (tertiary/aromatic N) is 3. The van der Waals surface area contributed by atoms with Gasteiger partial charge < -0.3 is 10.1 Å². The summed E-state index contributed by atoms with van der Waals surface area (Å²) in [5, 5.41) is 2.74. The summed E-state index contributed by atoms with van der Waals surface area (Å²) < 4.78 is 43.5. The number of benzene rings is 1. The zero-order chi connectivity index (χ0) is 21.9. The molecule has 2 aromatic rings. The molecule has 9 heteroatoms. The van der Waals surface area contributed by atoms with Gasteiger partial charge in [0.15, 0.2) is 5.82 Å². The van der Waals surface area contributed by atoms with E-state index in [1.165, 1.54) is 12.1 Å². The van der Waals surface area contributed by atoms with Gasteiger partial charge in [-0.1, -0.05) is 12.1 Å². The van der Waals surface area contributed by atoms with Crippen molar-refractivity contribution >= 4 is 6.09 Å². The molecule has 0 saturated carbocycles. The molecule has 1 aliphatic rings. The lowest BCUT2D eigenvalue weighted by Crippen LogP contribution is -2.40. The van der Waals surface area contributed by atoms with Crippen LogP contribution in [0.4, 0.5) is 18.0 Å². The average molecular weight is 422 g/mol. The molecule has 1 N–H and O–H groups in total. The first kappa shape index (κ1) is 22.0. The van der Waals surface area contributed by atoms with Crippen LogP contribution < -0.4 is 5.32 Å². The van der Waals surface area contributed by atoms with Gasteiger partial charge in [0.2, 0.25) is 0 Å². The van der Waals surface area contributed by atoms with Crippen LogP contribution >= 0.6 is 0 Å². The first-order chi connectivity index (χ1) is 14.0. The maximum Gasteiger partial charge on any atom is 0.416 e. The number of amides is 1. The van der Waals surface area contributed by atoms with Crippen LogP contribution in [0.5, 0.6) is 0 Å². The summed E-state index contributed by atoms with van der Waals surface area (Å²) in [5.41, 5.74) is 1.17. The molecule has 3 rings (SSSR count). The third-order valence-corrected chi connectivity index (χ3v) is 4.59. The van der Waals surface area contributed by atoms with Crippen molar-refractivity contribution in [1.29, 1.82) is 0 Å². The summed E-state index contributed by atoms with van der Waals surface area (Å²) in [6.07, 6.45) is -2.31. The third kappa shape index (κ3) is 5.91. The van der Waals surface area contributed by atoms with E-state index in [1.54, 1.807) is 6.20 Å². The van der Waals surface area contributed by atoms with E-state index in [4.69, 9.17) is 4.74 Å². The molecule has 0 fully saturated rings. The molecular formula is C21H25F3N4O2. The molecule has 30 heavy (non-hydrogen) atoms. The second-order valence-corrected chi connectivity index (χ2v) is 8.20. The number of nitrogens with one attached hydrogen (secondary N) is 1. The Balaban J connectivity index is 1.61. The molecule has 0 radical (unpaired) electrons. The Hall–Kier alpha value is -2.68. The van der Waals surface area contributed by atoms with Gasteiger partial charge >= 0.3 is 12.3 Å². The lowest BCUT2D eigenvalue weighted by Gasteiger charge is -2.28. The first-order valence-electron chi connectivity index (χ1n) is 9.73. The van der Waals surface area contributed by atoms with Crippen molar-refractivity contribution in [1.82, 2.24) is 20.2 Å². The maximum atomic E-state index is 12.8. The number of carbonyl (C=O) groups excluding carboxylic acids is 1. The van der Waals surface area contributed by atoms with Gasteiger partial charge in [0, 0.05) is 37.9 Å². The van der Waals surface area contributed by atoms with Crippen LogP contribution in [0.2, 0.25) is 0 Å². The molecule has 1 aliphatic heterocycles. The van der Waals surface area contributed by atoms with Crippen LogP contribution in [0.1, 0.15) is 37.6 Å². The largest absolute Gasteiger partial charge is 0.444 e. The van der Waals surface area contributed by atoms with Crippen LogP contribution in [-0.2, 0) is 23.9 Å². The van der Waals surface area contributed by atoms with Crippen molar-refractivity contribution < 1.29 is 22.7 Å². The highest BCUT2D eigenvalue weighted by Gasteiger charge is 2.30. The highest BCUT2D eigenvalue weighted by Crippen LogP contribution is 2.30. The summed E-state index contributed by atoms with van der Waals surface area (Å²) >= 11 is 0. The number of ether oxygens (including phenoxy) is 1. The van der Waals surface area contributed by atoms with Gasteiger partial charge in [-0.15, -0.1) is 0 Å². The lowest BCUT2D eigenvalue weighted by molar-refractivity contribution is -0.137. The van der Waals surface area contributed by atoms with E-state index in [0.717, 1.165) is 36.4 Å². The second-order valence-electron chi connectivity index (χ2n) is 8.20. The minimum atomic E-state index is -4.37. The fourth-order valence-corrected chi connectivity index (χ4v) is 3.13. The first-order valence-corrected chi connectivity index (χ1v) is 9.73. The molecule has 1 amide bonds. The Bertz CT molecular complexity index is 893. The molecular weight excluding hydrogens is 397 g/mol. The quantitative estimate of drug-likeness (QED) is 0.805. The number of halogens is 3. The highest BCUT2D eigenvalue weighted by atomic mass is 19.4. The minimum absolute atomic E-state index is 0.399. The zero-order valence-corrected chi connectivity index (χ0v) is 17.2. The van der Waals surface area contributed by atoms with Crippen LogP contribution in [0.15, 0.2) is 30.5 Å². The monoisotopic (exact) mass is 422 g/mol. The molecule has 2 heterocycles. The second kappa shape index (κ2) is 8.59. The molecule has 1 aromatic carbocycles. The molecule has 0 saturated heterocycles. The van der Waals surface area contributed by atoms with Gasteiger partial charge in [-0.25, -0.2) is 14.8 Å². The Morgan fingerprint density at radius 1 is 1.20 bits per heavy atom. The van der Waals surface area contributed by atoms with Crippen LogP contribution in [0.25, 0.3) is 11.4 Å². The Labute approximate surface area is 173 Å². The normalized spacial score (nSPS) is 14.9. The van der Waals surface area contributed by atoms with Gasteiger partial charge in [-0.2, -0.15) is 13.2 Å². The molecule has 0 spiro atoms. The number of aromatic nitrogens is 2. The van der Waals surface area contributed by atoms with Gasteiger partial charge in [-0.05, 0) is 44.9 Å². The molecule has 0 bridgehead atoms. The number of alkyl carbamates (subject to hydrolysis) is 1. The van der Waals surface area contributed by atoms with E-state index in [0.29, 0.717) is 31.0 Å². The van der Waals surface area contributed by atoms with Crippen molar-refractivity contribution in [2.45, 2.75) is 45.5 Å². The highest BCUT2D eigenvalue weighted by molar-refractivity contribution is 5.67. The third-order valence-electron chi connectivity index (χ3n) is 4.59. The Kier molecular flexibility index (Phi) is 6.30. The number of hydrogen-bond acceptors (Lipinski definition) is 5. The fourth-order valence-electron chi connectivity index (χ4n) is 3.13. The zero-order valence-electron chi connectivity index (χ0n) is 17.2. The van der Waals surface area contributed by atoms with E-state index in [-0.39, 0.29) is 0 Å². The number of hydrogen-bond donors (Lipinski definition) is 1. The van der Waals surface area contributed by atoms with E-state index in [9.17, 15) is 18.0 Å². The van der Waals surface area contributed by atoms with Crippen LogP contribution in [0.3, 0.4) is 0 Å². The fraction of sp³-hybridized carbons (Fsp3) is 0.476. The van der Waals surface area contributed by atoms with Gasteiger partial charge in [0.1, 0.15) is 5.60 Å². The summed E-state index contributed by atoms with van der Waals surface area (Å²) in [6, 6.07) is 4.84. The van der Waals surface area contributed by atoms with E-state index < -0.39 is 23.4 Å². The SMILES string of the molecule is CC(C)(C)OC(=O)NCCN1CCc2cnc(-c3ccc(C(F)(F)F)cc3)nc2C1. The predicted molar refractivity (Wildman–Crippen MR) is 106 cm³/mol. The van der Waals surface area contributed by atoms with Gasteiger partial charge in [-0.3, -0.25) is 4.90 Å². The molecule has 6 nitrogen and oxygen atoms in total. The minimum Gasteiger partial charge on any atom is -0.444 e. The van der Waals surface area contributed by atoms with Crippen molar-refractivity contribution in [3.05, 3.63) is 47.3 Å². The standard InChI is InChI=1S/C21H25F3N4O2/c1-20(2,3)30-19(29)25-9-11-28-10-8-15-12-26-18(27-17(15)13-28)14-4-6-16(7-5-14)21(22,23)24/h4-7,12H,8-11,13H2,1-3H3,(H,25,29). The number of rotatable bonds is 4. The summed E-state index contributed by atoms with van der Waals surface area (Å²) in [7, 11) is 0. The maximum absolute atomic E-state index is 12.8. The Morgan fingerprint density at radius 3 is 2.53 bits per heavy atom. The molecule has 0 unspecified atom stereocenters.